The molecular formula is C8H3BrN4O. The Morgan fingerprint density at radius 2 is 2.29 bits per heavy atom. The molecule has 6 heteroatoms. The molecule has 0 saturated carbocycles. The first kappa shape index (κ1) is 8.84. The fraction of sp³-hybridized carbons (Fsp3) is 0. The van der Waals surface area contributed by atoms with Crippen LogP contribution in [0.1, 0.15) is 5.89 Å². The molecule has 0 atom stereocenters. The molecule has 0 aromatic carbocycles. The van der Waals surface area contributed by atoms with Crippen LogP contribution in [-0.2, 0) is 0 Å². The minimum Gasteiger partial charge on any atom is -0.322 e. The quantitative estimate of drug-likeness (QED) is 0.771. The number of nitriles is 1. The van der Waals surface area contributed by atoms with E-state index in [-0.39, 0.29) is 5.89 Å². The third-order valence-corrected chi connectivity index (χ3v) is 1.95. The predicted octanol–water partition coefficient (Wildman–Crippen LogP) is 1.77. The molecule has 2 heterocycles. The summed E-state index contributed by atoms with van der Waals surface area (Å²) in [4.78, 5) is 7.87. The Kier molecular flexibility index (Phi) is 2.24. The molecule has 0 spiro atoms. The molecule has 0 fully saturated rings. The lowest BCUT2D eigenvalue weighted by Crippen LogP contribution is -1.84. The van der Waals surface area contributed by atoms with Gasteiger partial charge < -0.3 is 4.52 Å². The van der Waals surface area contributed by atoms with Crippen LogP contribution in [0.4, 0.5) is 0 Å². The maximum absolute atomic E-state index is 8.47. The fourth-order valence-electron chi connectivity index (χ4n) is 0.881. The SMILES string of the molecule is N#Cc1nc(-c2ccc(Br)cn2)no1. The maximum atomic E-state index is 8.47. The number of rotatable bonds is 1. The monoisotopic (exact) mass is 250 g/mol. The molecular weight excluding hydrogens is 248 g/mol. The van der Waals surface area contributed by atoms with Crippen LogP contribution < -0.4 is 0 Å². The lowest BCUT2D eigenvalue weighted by atomic mass is 10.3. The third-order valence-electron chi connectivity index (χ3n) is 1.48. The van der Waals surface area contributed by atoms with Gasteiger partial charge in [0.05, 0.1) is 0 Å². The van der Waals surface area contributed by atoms with E-state index in [4.69, 9.17) is 5.26 Å². The van der Waals surface area contributed by atoms with Crippen molar-refractivity contribution in [3.63, 3.8) is 0 Å². The molecule has 0 amide bonds. The number of halogens is 1. The summed E-state index contributed by atoms with van der Waals surface area (Å²) in [5.74, 6) is 0.249. The Hall–Kier alpha value is -1.74. The van der Waals surface area contributed by atoms with E-state index in [9.17, 15) is 0 Å². The van der Waals surface area contributed by atoms with Crippen molar-refractivity contribution in [1.82, 2.24) is 15.1 Å². The Morgan fingerprint density at radius 1 is 1.43 bits per heavy atom. The van der Waals surface area contributed by atoms with Gasteiger partial charge in [0, 0.05) is 10.7 Å². The van der Waals surface area contributed by atoms with Crippen molar-refractivity contribution in [2.75, 3.05) is 0 Å². The molecule has 0 aliphatic rings. The summed E-state index contributed by atoms with van der Waals surface area (Å²) in [6, 6.07) is 5.29. The smallest absolute Gasteiger partial charge is 0.322 e. The lowest BCUT2D eigenvalue weighted by molar-refractivity contribution is 0.408. The van der Waals surface area contributed by atoms with Crippen molar-refractivity contribution in [1.29, 1.82) is 5.26 Å². The first-order valence-corrected chi connectivity index (χ1v) is 4.44. The standard InChI is InChI=1S/C8H3BrN4O/c9-5-1-2-6(11-4-5)8-12-7(3-10)14-13-8/h1-2,4H. The molecule has 0 aliphatic heterocycles. The van der Waals surface area contributed by atoms with E-state index in [1.54, 1.807) is 18.3 Å². The van der Waals surface area contributed by atoms with Crippen LogP contribution in [0.5, 0.6) is 0 Å². The molecule has 14 heavy (non-hydrogen) atoms. The number of aromatic nitrogens is 3. The van der Waals surface area contributed by atoms with Crippen LogP contribution in [0.3, 0.4) is 0 Å². The highest BCUT2D eigenvalue weighted by Gasteiger charge is 2.08. The average Bonchev–Trinajstić information content (AvgIpc) is 2.67. The second kappa shape index (κ2) is 3.55. The zero-order chi connectivity index (χ0) is 9.97. The summed E-state index contributed by atoms with van der Waals surface area (Å²) in [6.07, 6.45) is 1.62. The van der Waals surface area contributed by atoms with Gasteiger partial charge in [0.15, 0.2) is 6.07 Å². The van der Waals surface area contributed by atoms with Crippen molar-refractivity contribution >= 4 is 15.9 Å². The van der Waals surface area contributed by atoms with E-state index in [0.717, 1.165) is 4.47 Å². The Morgan fingerprint density at radius 3 is 2.86 bits per heavy atom. The largest absolute Gasteiger partial charge is 0.329 e. The number of nitrogens with zero attached hydrogens (tertiary/aromatic N) is 4. The summed E-state index contributed by atoms with van der Waals surface area (Å²) in [5.41, 5.74) is 0.568. The van der Waals surface area contributed by atoms with Crippen molar-refractivity contribution < 1.29 is 4.52 Å². The van der Waals surface area contributed by atoms with Gasteiger partial charge in [-0.2, -0.15) is 10.2 Å². The maximum Gasteiger partial charge on any atom is 0.329 e. The van der Waals surface area contributed by atoms with Crippen LogP contribution in [0.15, 0.2) is 27.3 Å². The van der Waals surface area contributed by atoms with Gasteiger partial charge in [-0.05, 0) is 28.1 Å². The number of hydrogen-bond acceptors (Lipinski definition) is 5. The molecule has 2 rings (SSSR count). The van der Waals surface area contributed by atoms with Crippen LogP contribution >= 0.6 is 15.9 Å². The van der Waals surface area contributed by atoms with Crippen molar-refractivity contribution in [3.8, 4) is 17.6 Å². The summed E-state index contributed by atoms with van der Waals surface area (Å²) >= 11 is 3.26. The molecule has 0 bridgehead atoms. The fourth-order valence-corrected chi connectivity index (χ4v) is 1.12. The lowest BCUT2D eigenvalue weighted by Gasteiger charge is -1.91. The first-order chi connectivity index (χ1) is 6.79. The molecule has 68 valence electrons. The third kappa shape index (κ3) is 1.63. The van der Waals surface area contributed by atoms with E-state index < -0.39 is 0 Å². The van der Waals surface area contributed by atoms with Crippen molar-refractivity contribution in [2.24, 2.45) is 0 Å². The highest BCUT2D eigenvalue weighted by atomic mass is 79.9. The summed E-state index contributed by atoms with van der Waals surface area (Å²) in [5, 5.41) is 12.1. The van der Waals surface area contributed by atoms with E-state index in [2.05, 4.69) is 35.6 Å². The Labute approximate surface area is 87.5 Å². The topological polar surface area (TPSA) is 75.6 Å². The highest BCUT2D eigenvalue weighted by molar-refractivity contribution is 9.10. The summed E-state index contributed by atoms with van der Waals surface area (Å²) < 4.78 is 5.49. The molecule has 0 aliphatic carbocycles. The van der Waals surface area contributed by atoms with E-state index in [0.29, 0.717) is 11.5 Å². The summed E-state index contributed by atoms with van der Waals surface area (Å²) in [6.45, 7) is 0. The van der Waals surface area contributed by atoms with E-state index >= 15 is 0 Å². The van der Waals surface area contributed by atoms with Crippen molar-refractivity contribution in [2.45, 2.75) is 0 Å². The normalized spacial score (nSPS) is 9.71. The van der Waals surface area contributed by atoms with Crippen LogP contribution in [0.25, 0.3) is 11.5 Å². The Bertz CT molecular complexity index is 485. The number of pyridine rings is 1. The molecule has 2 aromatic rings. The van der Waals surface area contributed by atoms with Crippen LogP contribution in [0, 0.1) is 11.3 Å². The average molecular weight is 251 g/mol. The minimum atomic E-state index is -0.0651. The van der Waals surface area contributed by atoms with Crippen LogP contribution in [0.2, 0.25) is 0 Å². The minimum absolute atomic E-state index is 0.0651. The van der Waals surface area contributed by atoms with Gasteiger partial charge in [0.1, 0.15) is 5.69 Å². The van der Waals surface area contributed by atoms with Gasteiger partial charge in [-0.25, -0.2) is 0 Å². The zero-order valence-corrected chi connectivity index (χ0v) is 8.39. The molecule has 0 radical (unpaired) electrons. The summed E-state index contributed by atoms with van der Waals surface area (Å²) in [7, 11) is 0. The Balaban J connectivity index is 2.40. The van der Waals surface area contributed by atoms with Gasteiger partial charge in [0.2, 0.25) is 5.82 Å². The van der Waals surface area contributed by atoms with Gasteiger partial charge in [-0.3, -0.25) is 4.98 Å². The zero-order valence-electron chi connectivity index (χ0n) is 6.81. The van der Waals surface area contributed by atoms with Gasteiger partial charge >= 0.3 is 5.89 Å². The second-order valence-corrected chi connectivity index (χ2v) is 3.31. The molecule has 2 aromatic heterocycles. The van der Waals surface area contributed by atoms with Crippen molar-refractivity contribution in [3.05, 3.63) is 28.7 Å². The number of hydrogen-bond donors (Lipinski definition) is 0. The van der Waals surface area contributed by atoms with Gasteiger partial charge in [0.25, 0.3) is 0 Å². The first-order valence-electron chi connectivity index (χ1n) is 3.65. The van der Waals surface area contributed by atoms with Gasteiger partial charge in [-0.15, -0.1) is 0 Å². The van der Waals surface area contributed by atoms with E-state index in [1.165, 1.54) is 0 Å². The highest BCUT2D eigenvalue weighted by Crippen LogP contribution is 2.15. The second-order valence-electron chi connectivity index (χ2n) is 2.40. The molecule has 0 saturated heterocycles. The predicted molar refractivity (Wildman–Crippen MR) is 49.9 cm³/mol. The van der Waals surface area contributed by atoms with Gasteiger partial charge in [-0.1, -0.05) is 5.16 Å². The molecule has 0 unspecified atom stereocenters. The van der Waals surface area contributed by atoms with E-state index in [1.807, 2.05) is 6.07 Å². The molecule has 5 nitrogen and oxygen atoms in total. The molecule has 0 N–H and O–H groups in total. The van der Waals surface area contributed by atoms with Crippen LogP contribution in [-0.4, -0.2) is 15.1 Å².